The molecule has 0 radical (unpaired) electrons. The van der Waals surface area contributed by atoms with E-state index in [1.165, 1.54) is 5.56 Å². The zero-order valence-electron chi connectivity index (χ0n) is 17.6. The first-order chi connectivity index (χ1) is 13.9. The average molecular weight is 396 g/mol. The van der Waals surface area contributed by atoms with E-state index in [2.05, 4.69) is 39.5 Å². The fourth-order valence-electron chi connectivity index (χ4n) is 3.39. The molecule has 0 bridgehead atoms. The maximum absolute atomic E-state index is 12.1. The smallest absolute Gasteiger partial charge is 0.258 e. The Morgan fingerprint density at radius 3 is 2.76 bits per heavy atom. The van der Waals surface area contributed by atoms with Crippen molar-refractivity contribution < 1.29 is 9.53 Å². The van der Waals surface area contributed by atoms with E-state index in [0.29, 0.717) is 12.4 Å². The summed E-state index contributed by atoms with van der Waals surface area (Å²) in [7, 11) is 3.91. The molecule has 2 aromatic heterocycles. The van der Waals surface area contributed by atoms with Crippen LogP contribution in [-0.4, -0.2) is 52.3 Å². The SMILES string of the molecule is Cc1cc(C)c2c(OCC(=O)NCCCN(C)Cc3ccccc3)nn(C)c2n1. The van der Waals surface area contributed by atoms with Crippen LogP contribution in [0.25, 0.3) is 11.0 Å². The summed E-state index contributed by atoms with van der Waals surface area (Å²) in [6, 6.07) is 12.3. The third-order valence-corrected chi connectivity index (χ3v) is 4.76. The van der Waals surface area contributed by atoms with E-state index in [0.717, 1.165) is 41.8 Å². The molecule has 154 valence electrons. The van der Waals surface area contributed by atoms with E-state index in [1.54, 1.807) is 4.68 Å². The van der Waals surface area contributed by atoms with Gasteiger partial charge in [0.15, 0.2) is 12.3 Å². The van der Waals surface area contributed by atoms with Crippen LogP contribution in [0.15, 0.2) is 36.4 Å². The highest BCUT2D eigenvalue weighted by Crippen LogP contribution is 2.26. The molecule has 0 aliphatic heterocycles. The van der Waals surface area contributed by atoms with Crippen molar-refractivity contribution in [2.45, 2.75) is 26.8 Å². The van der Waals surface area contributed by atoms with Gasteiger partial charge in [-0.25, -0.2) is 9.67 Å². The predicted octanol–water partition coefficient (Wildman–Crippen LogP) is 2.60. The van der Waals surface area contributed by atoms with Crippen LogP contribution >= 0.6 is 0 Å². The lowest BCUT2D eigenvalue weighted by Gasteiger charge is -2.16. The number of aryl methyl sites for hydroxylation is 3. The molecule has 7 nitrogen and oxygen atoms in total. The molecule has 0 atom stereocenters. The molecule has 7 heteroatoms. The Kier molecular flexibility index (Phi) is 6.82. The minimum Gasteiger partial charge on any atom is -0.466 e. The van der Waals surface area contributed by atoms with Crippen LogP contribution in [0.3, 0.4) is 0 Å². The molecule has 3 rings (SSSR count). The molecule has 0 saturated heterocycles. The van der Waals surface area contributed by atoms with Gasteiger partial charge in [0.1, 0.15) is 0 Å². The summed E-state index contributed by atoms with van der Waals surface area (Å²) >= 11 is 0. The van der Waals surface area contributed by atoms with Crippen molar-refractivity contribution in [1.82, 2.24) is 25.0 Å². The van der Waals surface area contributed by atoms with Crippen LogP contribution in [0.1, 0.15) is 23.2 Å². The number of carbonyl (C=O) groups excluding carboxylic acids is 1. The van der Waals surface area contributed by atoms with Gasteiger partial charge in [0.05, 0.1) is 5.39 Å². The van der Waals surface area contributed by atoms with Gasteiger partial charge in [-0.1, -0.05) is 30.3 Å². The van der Waals surface area contributed by atoms with Gasteiger partial charge in [-0.15, -0.1) is 5.10 Å². The van der Waals surface area contributed by atoms with Gasteiger partial charge in [0.25, 0.3) is 5.91 Å². The standard InChI is InChI=1S/C22H29N5O2/c1-16-13-17(2)24-21-20(16)22(25-27(21)4)29-15-19(28)23-11-8-12-26(3)14-18-9-6-5-7-10-18/h5-7,9-10,13H,8,11-12,14-15H2,1-4H3,(H,23,28). The van der Waals surface area contributed by atoms with Gasteiger partial charge < -0.3 is 15.0 Å². The van der Waals surface area contributed by atoms with Crippen molar-refractivity contribution in [2.24, 2.45) is 7.05 Å². The second-order valence-electron chi connectivity index (χ2n) is 7.42. The van der Waals surface area contributed by atoms with E-state index in [4.69, 9.17) is 4.74 Å². The molecule has 3 aromatic rings. The second kappa shape index (κ2) is 9.52. The van der Waals surface area contributed by atoms with Crippen LogP contribution in [0.4, 0.5) is 0 Å². The maximum atomic E-state index is 12.1. The normalized spacial score (nSPS) is 11.2. The van der Waals surface area contributed by atoms with Crippen LogP contribution in [-0.2, 0) is 18.4 Å². The number of amides is 1. The quantitative estimate of drug-likeness (QED) is 0.564. The van der Waals surface area contributed by atoms with E-state index in [1.807, 2.05) is 45.2 Å². The maximum Gasteiger partial charge on any atom is 0.258 e. The number of pyridine rings is 1. The van der Waals surface area contributed by atoms with Gasteiger partial charge in [-0.2, -0.15) is 0 Å². The Labute approximate surface area is 171 Å². The summed E-state index contributed by atoms with van der Waals surface area (Å²) in [6.45, 7) is 6.31. The minimum absolute atomic E-state index is 0.0563. The number of hydrogen-bond acceptors (Lipinski definition) is 5. The number of fused-ring (bicyclic) bond motifs is 1. The largest absolute Gasteiger partial charge is 0.466 e. The zero-order chi connectivity index (χ0) is 20.8. The number of carbonyl (C=O) groups is 1. The lowest BCUT2D eigenvalue weighted by molar-refractivity contribution is -0.123. The molecule has 1 amide bonds. The van der Waals surface area contributed by atoms with Crippen molar-refractivity contribution >= 4 is 16.9 Å². The van der Waals surface area contributed by atoms with Gasteiger partial charge >= 0.3 is 0 Å². The van der Waals surface area contributed by atoms with E-state index in [-0.39, 0.29) is 12.5 Å². The predicted molar refractivity (Wildman–Crippen MR) is 114 cm³/mol. The summed E-state index contributed by atoms with van der Waals surface area (Å²) in [5.41, 5.74) is 4.02. The molecule has 0 spiro atoms. The third-order valence-electron chi connectivity index (χ3n) is 4.76. The Morgan fingerprint density at radius 1 is 1.24 bits per heavy atom. The fourth-order valence-corrected chi connectivity index (χ4v) is 3.39. The molecular formula is C22H29N5O2. The number of nitrogens with zero attached hydrogens (tertiary/aromatic N) is 4. The Hall–Kier alpha value is -2.93. The minimum atomic E-state index is -0.146. The van der Waals surface area contributed by atoms with Gasteiger partial charge in [0.2, 0.25) is 5.88 Å². The van der Waals surface area contributed by atoms with Crippen LogP contribution in [0.2, 0.25) is 0 Å². The Bertz CT molecular complexity index is 968. The molecular weight excluding hydrogens is 366 g/mol. The first-order valence-electron chi connectivity index (χ1n) is 9.87. The molecule has 1 N–H and O–H groups in total. The fraction of sp³-hybridized carbons (Fsp3) is 0.409. The summed E-state index contributed by atoms with van der Waals surface area (Å²) in [5.74, 6) is 0.303. The van der Waals surface area contributed by atoms with Crippen LogP contribution in [0, 0.1) is 13.8 Å². The van der Waals surface area contributed by atoms with E-state index >= 15 is 0 Å². The first kappa shape index (κ1) is 20.8. The Morgan fingerprint density at radius 2 is 2.00 bits per heavy atom. The van der Waals surface area contributed by atoms with Crippen molar-refractivity contribution in [2.75, 3.05) is 26.7 Å². The number of hydrogen-bond donors (Lipinski definition) is 1. The van der Waals surface area contributed by atoms with Crippen molar-refractivity contribution in [3.05, 3.63) is 53.2 Å². The van der Waals surface area contributed by atoms with Gasteiger partial charge in [-0.05, 0) is 51.1 Å². The highest BCUT2D eigenvalue weighted by Gasteiger charge is 2.15. The molecule has 1 aromatic carbocycles. The number of rotatable bonds is 9. The number of nitrogens with one attached hydrogen (secondary N) is 1. The number of aromatic nitrogens is 3. The van der Waals surface area contributed by atoms with Crippen molar-refractivity contribution in [1.29, 1.82) is 0 Å². The van der Waals surface area contributed by atoms with Crippen LogP contribution in [0.5, 0.6) is 5.88 Å². The number of benzene rings is 1. The molecule has 0 unspecified atom stereocenters. The summed E-state index contributed by atoms with van der Waals surface area (Å²) in [6.07, 6.45) is 0.879. The molecule has 0 saturated carbocycles. The van der Waals surface area contributed by atoms with E-state index in [9.17, 15) is 4.79 Å². The van der Waals surface area contributed by atoms with Crippen molar-refractivity contribution in [3.63, 3.8) is 0 Å². The van der Waals surface area contributed by atoms with Gasteiger partial charge in [0, 0.05) is 25.8 Å². The van der Waals surface area contributed by atoms with Crippen LogP contribution < -0.4 is 10.1 Å². The molecule has 0 aliphatic rings. The second-order valence-corrected chi connectivity index (χ2v) is 7.42. The highest BCUT2D eigenvalue weighted by molar-refractivity contribution is 5.85. The molecule has 29 heavy (non-hydrogen) atoms. The Balaban J connectivity index is 1.42. The summed E-state index contributed by atoms with van der Waals surface area (Å²) in [5, 5.41) is 8.13. The lowest BCUT2D eigenvalue weighted by Crippen LogP contribution is -2.31. The first-order valence-corrected chi connectivity index (χ1v) is 9.87. The topological polar surface area (TPSA) is 72.3 Å². The zero-order valence-corrected chi connectivity index (χ0v) is 17.6. The molecule has 2 heterocycles. The average Bonchev–Trinajstić information content (AvgIpc) is 3.00. The van der Waals surface area contributed by atoms with E-state index < -0.39 is 0 Å². The number of ether oxygens (including phenoxy) is 1. The summed E-state index contributed by atoms with van der Waals surface area (Å²) in [4.78, 5) is 18.9. The summed E-state index contributed by atoms with van der Waals surface area (Å²) < 4.78 is 7.37. The molecule has 0 fully saturated rings. The molecule has 0 aliphatic carbocycles. The third kappa shape index (κ3) is 5.54. The lowest BCUT2D eigenvalue weighted by atomic mass is 10.2. The highest BCUT2D eigenvalue weighted by atomic mass is 16.5. The van der Waals surface area contributed by atoms with Crippen molar-refractivity contribution in [3.8, 4) is 5.88 Å². The monoisotopic (exact) mass is 395 g/mol. The van der Waals surface area contributed by atoms with Gasteiger partial charge in [-0.3, -0.25) is 4.79 Å².